The summed E-state index contributed by atoms with van der Waals surface area (Å²) in [4.78, 5) is 0. The Morgan fingerprint density at radius 2 is 1.50 bits per heavy atom. The average molecular weight is 175 g/mol. The van der Waals surface area contributed by atoms with Crippen LogP contribution in [0.4, 0.5) is 0 Å². The van der Waals surface area contributed by atoms with Gasteiger partial charge < -0.3 is 0 Å². The van der Waals surface area contributed by atoms with Crippen LogP contribution in [-0.4, -0.2) is 15.6 Å². The van der Waals surface area contributed by atoms with Gasteiger partial charge in [-0.15, -0.1) is 23.5 Å². The van der Waals surface area contributed by atoms with Crippen LogP contribution in [-0.2, 0) is 0 Å². The highest BCUT2D eigenvalue weighted by atomic mass is 32.2. The van der Waals surface area contributed by atoms with Gasteiger partial charge in [0.25, 0.3) is 0 Å². The molecule has 10 heavy (non-hydrogen) atoms. The molecule has 0 spiro atoms. The minimum atomic E-state index is 0.310. The second kappa shape index (κ2) is 2.63. The highest BCUT2D eigenvalue weighted by Gasteiger charge is 2.32. The van der Waals surface area contributed by atoms with Gasteiger partial charge in [0.15, 0.2) is 0 Å². The summed E-state index contributed by atoms with van der Waals surface area (Å²) in [6, 6.07) is 0. The molecule has 0 N–H and O–H groups in total. The quantitative estimate of drug-likeness (QED) is 0.555. The molecule has 0 aliphatic carbocycles. The molecule has 1 aliphatic heterocycles. The van der Waals surface area contributed by atoms with Crippen molar-refractivity contribution in [3.63, 3.8) is 0 Å². The summed E-state index contributed by atoms with van der Waals surface area (Å²) in [5, 5.41) is 0. The van der Waals surface area contributed by atoms with Crippen molar-refractivity contribution in [1.82, 2.24) is 0 Å². The second-order valence-electron chi connectivity index (χ2n) is 3.79. The smallest absolute Gasteiger partial charge is 0.0555 e. The lowest BCUT2D eigenvalue weighted by Crippen LogP contribution is -2.30. The number of rotatable bonds is 0. The van der Waals surface area contributed by atoms with Gasteiger partial charge in [-0.25, -0.2) is 0 Å². The van der Waals surface area contributed by atoms with E-state index in [1.165, 1.54) is 11.5 Å². The van der Waals surface area contributed by atoms with Crippen LogP contribution in [0.25, 0.3) is 0 Å². The Hall–Kier alpha value is 0.700. The molecule has 0 aromatic carbocycles. The first-order valence-corrected chi connectivity index (χ1v) is 5.52. The van der Waals surface area contributed by atoms with E-state index in [1.54, 1.807) is 0 Å². The lowest BCUT2D eigenvalue weighted by Gasteiger charge is -2.37. The summed E-state index contributed by atoms with van der Waals surface area (Å²) in [6.45, 7) is 11.0. The Bertz CT molecular complexity index is 99.2. The fourth-order valence-corrected chi connectivity index (χ4v) is 3.19. The molecular weight excluding hydrogens is 160 g/mol. The van der Waals surface area contributed by atoms with Gasteiger partial charge in [0.1, 0.15) is 0 Å². The van der Waals surface area contributed by atoms with Gasteiger partial charge in [-0.3, -0.25) is 0 Å². The summed E-state index contributed by atoms with van der Waals surface area (Å²) in [5.41, 5.74) is 0.310. The van der Waals surface area contributed by atoms with Crippen molar-refractivity contribution in [2.24, 2.45) is 5.41 Å². The maximum absolute atomic E-state index is 4.15. The van der Waals surface area contributed by atoms with E-state index in [9.17, 15) is 0 Å². The normalized spacial score (nSPS) is 30.0. The monoisotopic (exact) mass is 175 g/mol. The van der Waals surface area contributed by atoms with Crippen LogP contribution in [0.2, 0.25) is 0 Å². The van der Waals surface area contributed by atoms with E-state index in [0.29, 0.717) is 9.49 Å². The molecule has 0 unspecified atom stereocenters. The third-order valence-corrected chi connectivity index (χ3v) is 5.32. The molecular formula is C8H15S2. The number of hydrogen-bond donors (Lipinski definition) is 0. The third kappa shape index (κ3) is 2.39. The topological polar surface area (TPSA) is 0 Å². The zero-order chi connectivity index (χ0) is 7.83. The Morgan fingerprint density at radius 3 is 1.80 bits per heavy atom. The van der Waals surface area contributed by atoms with Crippen LogP contribution < -0.4 is 0 Å². The molecule has 1 rings (SSSR count). The minimum absolute atomic E-state index is 0.310. The molecule has 1 heterocycles. The van der Waals surface area contributed by atoms with Crippen molar-refractivity contribution < 1.29 is 0 Å². The largest absolute Gasteiger partial charge is 0.144 e. The molecule has 0 atom stereocenters. The van der Waals surface area contributed by atoms with E-state index in [4.69, 9.17) is 0 Å². The first-order chi connectivity index (χ1) is 4.41. The van der Waals surface area contributed by atoms with E-state index >= 15 is 0 Å². The van der Waals surface area contributed by atoms with Gasteiger partial charge in [-0.2, -0.15) is 0 Å². The lowest BCUT2D eigenvalue weighted by molar-refractivity contribution is 0.555. The summed E-state index contributed by atoms with van der Waals surface area (Å²) in [7, 11) is 0. The summed E-state index contributed by atoms with van der Waals surface area (Å²) < 4.78 is 0.428. The zero-order valence-electron chi connectivity index (χ0n) is 6.94. The van der Waals surface area contributed by atoms with Gasteiger partial charge >= 0.3 is 0 Å². The van der Waals surface area contributed by atoms with Crippen molar-refractivity contribution in [3.8, 4) is 0 Å². The molecule has 0 aromatic rings. The molecule has 0 saturated carbocycles. The fraction of sp³-hybridized carbons (Fsp3) is 0.875. The van der Waals surface area contributed by atoms with Crippen LogP contribution >= 0.6 is 23.5 Å². The Kier molecular flexibility index (Phi) is 2.31. The molecule has 1 aliphatic rings. The van der Waals surface area contributed by atoms with E-state index in [0.717, 1.165) is 0 Å². The average Bonchev–Trinajstić information content (AvgIpc) is 1.79. The van der Waals surface area contributed by atoms with Crippen molar-refractivity contribution in [1.29, 1.82) is 0 Å². The third-order valence-electron chi connectivity index (χ3n) is 1.54. The lowest BCUT2D eigenvalue weighted by atomic mass is 10.00. The Balaban J connectivity index is 2.46. The Labute approximate surface area is 72.5 Å². The minimum Gasteiger partial charge on any atom is -0.144 e. The molecule has 0 aromatic heterocycles. The highest BCUT2D eigenvalue weighted by Crippen LogP contribution is 2.47. The molecule has 1 fully saturated rings. The number of thioether (sulfide) groups is 2. The fourth-order valence-electron chi connectivity index (χ4n) is 0.779. The van der Waals surface area contributed by atoms with E-state index in [1.807, 2.05) is 23.5 Å². The van der Waals surface area contributed by atoms with Crippen molar-refractivity contribution in [2.45, 2.75) is 24.9 Å². The number of hydrogen-bond acceptors (Lipinski definition) is 2. The first-order valence-electron chi connectivity index (χ1n) is 3.55. The van der Waals surface area contributed by atoms with E-state index < -0.39 is 0 Å². The molecule has 0 bridgehead atoms. The van der Waals surface area contributed by atoms with Crippen LogP contribution in [0.5, 0.6) is 0 Å². The van der Waals surface area contributed by atoms with Gasteiger partial charge in [0, 0.05) is 11.5 Å². The maximum Gasteiger partial charge on any atom is 0.0555 e. The van der Waals surface area contributed by atoms with Gasteiger partial charge in [0.2, 0.25) is 0 Å². The molecule has 1 saturated heterocycles. The Morgan fingerprint density at radius 1 is 1.10 bits per heavy atom. The van der Waals surface area contributed by atoms with Crippen molar-refractivity contribution in [2.75, 3.05) is 11.5 Å². The van der Waals surface area contributed by atoms with Gasteiger partial charge in [0.05, 0.1) is 4.08 Å². The van der Waals surface area contributed by atoms with Gasteiger partial charge in [-0.05, 0) is 26.2 Å². The summed E-state index contributed by atoms with van der Waals surface area (Å²) >= 11 is 4.06. The predicted molar refractivity (Wildman–Crippen MR) is 52.5 cm³/mol. The van der Waals surface area contributed by atoms with Crippen molar-refractivity contribution in [3.05, 3.63) is 6.92 Å². The molecule has 0 amide bonds. The maximum atomic E-state index is 4.15. The highest BCUT2D eigenvalue weighted by molar-refractivity contribution is 8.18. The van der Waals surface area contributed by atoms with E-state index in [-0.39, 0.29) is 0 Å². The summed E-state index contributed by atoms with van der Waals surface area (Å²) in [6.07, 6.45) is 0. The molecule has 0 nitrogen and oxygen atoms in total. The molecule has 59 valence electrons. The molecule has 2 heteroatoms. The second-order valence-corrected chi connectivity index (χ2v) is 7.24. The van der Waals surface area contributed by atoms with Crippen LogP contribution in [0.1, 0.15) is 20.8 Å². The van der Waals surface area contributed by atoms with Crippen LogP contribution in [0.15, 0.2) is 0 Å². The molecule has 1 radical (unpaired) electrons. The summed E-state index contributed by atoms with van der Waals surface area (Å²) in [5.74, 6) is 2.40. The predicted octanol–water partition coefficient (Wildman–Crippen LogP) is 3.04. The van der Waals surface area contributed by atoms with Gasteiger partial charge in [-0.1, -0.05) is 6.92 Å². The standard InChI is InChI=1S/C8H15S2/c1-7(2)5-9-8(3,4)10-6-7/h1,5-6H2,2-4H3. The van der Waals surface area contributed by atoms with E-state index in [2.05, 4.69) is 27.7 Å². The van der Waals surface area contributed by atoms with Crippen molar-refractivity contribution >= 4 is 23.5 Å². The first kappa shape index (κ1) is 8.79. The van der Waals surface area contributed by atoms with Crippen LogP contribution in [0, 0.1) is 12.3 Å². The zero-order valence-corrected chi connectivity index (χ0v) is 8.57. The SMILES string of the molecule is [CH2]C1(C)CSC(C)(C)SC1. The van der Waals surface area contributed by atoms with Crippen LogP contribution in [0.3, 0.4) is 0 Å².